The van der Waals surface area contributed by atoms with E-state index in [2.05, 4.69) is 39.8 Å². The smallest absolute Gasteiger partial charge is 0.129 e. The van der Waals surface area contributed by atoms with Crippen molar-refractivity contribution in [1.82, 2.24) is 9.80 Å². The summed E-state index contributed by atoms with van der Waals surface area (Å²) in [5.41, 5.74) is 6.64. The average molecular weight is 358 g/mol. The molecule has 1 heterocycles. The van der Waals surface area contributed by atoms with Crippen LogP contribution < -0.4 is 5.73 Å². The van der Waals surface area contributed by atoms with Gasteiger partial charge in [-0.05, 0) is 58.1 Å². The summed E-state index contributed by atoms with van der Waals surface area (Å²) in [5, 5.41) is 0. The van der Waals surface area contributed by atoms with E-state index in [0.29, 0.717) is 12.1 Å². The van der Waals surface area contributed by atoms with E-state index in [4.69, 9.17) is 5.73 Å². The Labute approximate surface area is 135 Å². The van der Waals surface area contributed by atoms with E-state index in [1.165, 1.54) is 6.07 Å². The third-order valence-electron chi connectivity index (χ3n) is 4.26. The zero-order valence-electron chi connectivity index (χ0n) is 12.9. The van der Waals surface area contributed by atoms with Crippen LogP contribution in [0.25, 0.3) is 0 Å². The van der Waals surface area contributed by atoms with Gasteiger partial charge in [-0.1, -0.05) is 22.0 Å². The summed E-state index contributed by atoms with van der Waals surface area (Å²) >= 11 is 3.30. The highest BCUT2D eigenvalue weighted by Gasteiger charge is 2.27. The van der Waals surface area contributed by atoms with E-state index in [9.17, 15) is 4.39 Å². The third kappa shape index (κ3) is 4.49. The average Bonchev–Trinajstić information content (AvgIpc) is 2.43. The van der Waals surface area contributed by atoms with Crippen LogP contribution in [0.4, 0.5) is 4.39 Å². The van der Waals surface area contributed by atoms with E-state index < -0.39 is 0 Å². The van der Waals surface area contributed by atoms with Crippen LogP contribution in [0.3, 0.4) is 0 Å². The molecular weight excluding hydrogens is 333 g/mol. The molecule has 3 nitrogen and oxygen atoms in total. The van der Waals surface area contributed by atoms with Gasteiger partial charge in [-0.15, -0.1) is 0 Å². The number of rotatable bonds is 5. The zero-order valence-corrected chi connectivity index (χ0v) is 14.4. The molecule has 1 unspecified atom stereocenters. The van der Waals surface area contributed by atoms with Crippen LogP contribution >= 0.6 is 15.9 Å². The highest BCUT2D eigenvalue weighted by molar-refractivity contribution is 9.10. The Morgan fingerprint density at radius 2 is 2.05 bits per heavy atom. The van der Waals surface area contributed by atoms with Crippen LogP contribution in [0.5, 0.6) is 0 Å². The summed E-state index contributed by atoms with van der Waals surface area (Å²) in [5.74, 6) is 0.569. The molecule has 0 spiro atoms. The SMILES string of the molecule is CN(C)CC1CCN(C(CN)c2ccc(Br)cc2F)CC1. The molecule has 1 saturated heterocycles. The molecule has 0 bridgehead atoms. The Morgan fingerprint density at radius 3 is 2.57 bits per heavy atom. The molecule has 2 N–H and O–H groups in total. The predicted molar refractivity (Wildman–Crippen MR) is 88.7 cm³/mol. The second-order valence-corrected chi connectivity index (χ2v) is 7.07. The predicted octanol–water partition coefficient (Wildman–Crippen LogP) is 2.86. The van der Waals surface area contributed by atoms with Crippen molar-refractivity contribution in [1.29, 1.82) is 0 Å². The first kappa shape index (κ1) is 16.9. The summed E-state index contributed by atoms with van der Waals surface area (Å²) in [6, 6.07) is 5.25. The van der Waals surface area contributed by atoms with Crippen molar-refractivity contribution in [2.24, 2.45) is 11.7 Å². The standard InChI is InChI=1S/C16H25BrFN3/c1-20(2)11-12-5-7-21(8-6-12)16(10-19)14-4-3-13(17)9-15(14)18/h3-4,9,12,16H,5-8,10-11,19H2,1-2H3. The van der Waals surface area contributed by atoms with Gasteiger partial charge in [0.25, 0.3) is 0 Å². The van der Waals surface area contributed by atoms with E-state index in [0.717, 1.165) is 42.9 Å². The second-order valence-electron chi connectivity index (χ2n) is 6.16. The highest BCUT2D eigenvalue weighted by Crippen LogP contribution is 2.29. The first-order valence-electron chi connectivity index (χ1n) is 7.55. The Balaban J connectivity index is 2.02. The largest absolute Gasteiger partial charge is 0.329 e. The molecule has 1 fully saturated rings. The summed E-state index contributed by atoms with van der Waals surface area (Å²) in [7, 11) is 4.23. The van der Waals surface area contributed by atoms with Crippen molar-refractivity contribution in [2.45, 2.75) is 18.9 Å². The molecule has 0 aromatic heterocycles. The molecule has 2 rings (SSSR count). The van der Waals surface area contributed by atoms with E-state index >= 15 is 0 Å². The van der Waals surface area contributed by atoms with Gasteiger partial charge in [-0.25, -0.2) is 4.39 Å². The van der Waals surface area contributed by atoms with Crippen molar-refractivity contribution in [3.8, 4) is 0 Å². The molecule has 1 aliphatic rings. The Morgan fingerprint density at radius 1 is 1.38 bits per heavy atom. The van der Waals surface area contributed by atoms with Crippen molar-refractivity contribution < 1.29 is 4.39 Å². The molecule has 1 atom stereocenters. The third-order valence-corrected chi connectivity index (χ3v) is 4.75. The quantitative estimate of drug-likeness (QED) is 0.879. The van der Waals surface area contributed by atoms with E-state index in [1.807, 2.05) is 12.1 Å². The fraction of sp³-hybridized carbons (Fsp3) is 0.625. The first-order chi connectivity index (χ1) is 10.0. The van der Waals surface area contributed by atoms with Gasteiger partial charge in [0.15, 0.2) is 0 Å². The minimum atomic E-state index is -0.171. The normalized spacial score (nSPS) is 19.1. The lowest BCUT2D eigenvalue weighted by Gasteiger charge is -2.38. The summed E-state index contributed by atoms with van der Waals surface area (Å²) in [6.07, 6.45) is 2.32. The van der Waals surface area contributed by atoms with Gasteiger partial charge in [-0.3, -0.25) is 4.90 Å². The molecule has 0 aliphatic carbocycles. The van der Waals surface area contributed by atoms with Crippen LogP contribution in [0.1, 0.15) is 24.4 Å². The van der Waals surface area contributed by atoms with Gasteiger partial charge in [0.05, 0.1) is 0 Å². The molecule has 1 aromatic carbocycles. The van der Waals surface area contributed by atoms with Crippen LogP contribution in [-0.4, -0.2) is 50.1 Å². The number of hydrogen-bond donors (Lipinski definition) is 1. The number of nitrogens with zero attached hydrogens (tertiary/aromatic N) is 2. The summed E-state index contributed by atoms with van der Waals surface area (Å²) < 4.78 is 14.9. The van der Waals surface area contributed by atoms with Crippen molar-refractivity contribution in [3.05, 3.63) is 34.1 Å². The van der Waals surface area contributed by atoms with Gasteiger partial charge in [0.1, 0.15) is 5.82 Å². The molecule has 1 aliphatic heterocycles. The second kappa shape index (κ2) is 7.68. The Bertz CT molecular complexity index is 459. The lowest BCUT2D eigenvalue weighted by atomic mass is 9.93. The zero-order chi connectivity index (χ0) is 15.4. The van der Waals surface area contributed by atoms with Crippen molar-refractivity contribution >= 4 is 15.9 Å². The maximum atomic E-state index is 14.2. The first-order valence-corrected chi connectivity index (χ1v) is 8.34. The number of nitrogens with two attached hydrogens (primary N) is 1. The number of piperidine rings is 1. The van der Waals surface area contributed by atoms with Crippen molar-refractivity contribution in [2.75, 3.05) is 40.3 Å². The number of halogens is 2. The molecule has 0 saturated carbocycles. The topological polar surface area (TPSA) is 32.5 Å². The molecule has 0 amide bonds. The van der Waals surface area contributed by atoms with Crippen LogP contribution in [0.2, 0.25) is 0 Å². The molecule has 118 valence electrons. The minimum absolute atomic E-state index is 0.0154. The van der Waals surface area contributed by atoms with Gasteiger partial charge in [0, 0.05) is 29.2 Å². The number of likely N-dealkylation sites (tertiary alicyclic amines) is 1. The van der Waals surface area contributed by atoms with E-state index in [-0.39, 0.29) is 11.9 Å². The fourth-order valence-corrected chi connectivity index (χ4v) is 3.54. The highest BCUT2D eigenvalue weighted by atomic mass is 79.9. The van der Waals surface area contributed by atoms with Crippen molar-refractivity contribution in [3.63, 3.8) is 0 Å². The van der Waals surface area contributed by atoms with E-state index in [1.54, 1.807) is 0 Å². The number of hydrogen-bond acceptors (Lipinski definition) is 3. The molecule has 0 radical (unpaired) electrons. The van der Waals surface area contributed by atoms with Gasteiger partial charge in [-0.2, -0.15) is 0 Å². The van der Waals surface area contributed by atoms with Gasteiger partial charge < -0.3 is 10.6 Å². The molecule has 5 heteroatoms. The maximum absolute atomic E-state index is 14.2. The maximum Gasteiger partial charge on any atom is 0.129 e. The Kier molecular flexibility index (Phi) is 6.17. The monoisotopic (exact) mass is 357 g/mol. The fourth-order valence-electron chi connectivity index (χ4n) is 3.21. The number of benzene rings is 1. The lowest BCUT2D eigenvalue weighted by Crippen LogP contribution is -2.41. The van der Waals surface area contributed by atoms with Crippen LogP contribution in [0.15, 0.2) is 22.7 Å². The molecular formula is C16H25BrFN3. The van der Waals surface area contributed by atoms with Gasteiger partial charge in [0.2, 0.25) is 0 Å². The van der Waals surface area contributed by atoms with Crippen LogP contribution in [-0.2, 0) is 0 Å². The van der Waals surface area contributed by atoms with Gasteiger partial charge >= 0.3 is 0 Å². The molecule has 1 aromatic rings. The molecule has 21 heavy (non-hydrogen) atoms. The van der Waals surface area contributed by atoms with Crippen LogP contribution in [0, 0.1) is 11.7 Å². The summed E-state index contributed by atoms with van der Waals surface area (Å²) in [6.45, 7) is 3.58. The minimum Gasteiger partial charge on any atom is -0.329 e. The Hall–Kier alpha value is -0.490. The summed E-state index contributed by atoms with van der Waals surface area (Å²) in [4.78, 5) is 4.58. The lowest BCUT2D eigenvalue weighted by molar-refractivity contribution is 0.121.